The van der Waals surface area contributed by atoms with Crippen LogP contribution in [0.4, 0.5) is 0 Å². The van der Waals surface area contributed by atoms with Crippen LogP contribution in [0.15, 0.2) is 12.2 Å². The van der Waals surface area contributed by atoms with Crippen molar-refractivity contribution in [3.8, 4) is 0 Å². The van der Waals surface area contributed by atoms with Crippen LogP contribution in [0.5, 0.6) is 0 Å². The molecule has 0 radical (unpaired) electrons. The molecule has 0 aliphatic rings. The maximum atomic E-state index is 10.3. The number of carboxylic acid groups (broad SMARTS) is 1. The minimum absolute atomic E-state index is 0. The van der Waals surface area contributed by atoms with Crippen molar-refractivity contribution >= 4 is 18.4 Å². The Morgan fingerprint density at radius 3 is 1.64 bits per heavy atom. The number of halogens is 1. The van der Waals surface area contributed by atoms with E-state index in [-0.39, 0.29) is 12.4 Å². The summed E-state index contributed by atoms with van der Waals surface area (Å²) in [6, 6.07) is 0. The first kappa shape index (κ1) is 32.1. The van der Waals surface area contributed by atoms with Gasteiger partial charge in [0.25, 0.3) is 0 Å². The predicted octanol–water partition coefficient (Wildman–Crippen LogP) is 6.99. The summed E-state index contributed by atoms with van der Waals surface area (Å²) < 4.78 is 0. The van der Waals surface area contributed by atoms with Gasteiger partial charge in [-0.05, 0) is 38.5 Å². The molecule has 0 spiro atoms. The molecule has 0 fully saturated rings. The minimum atomic E-state index is -0.664. The Balaban J connectivity index is -0.000000665. The van der Waals surface area contributed by atoms with Gasteiger partial charge >= 0.3 is 5.97 Å². The van der Waals surface area contributed by atoms with Crippen LogP contribution in [0, 0.1) is 0 Å². The van der Waals surface area contributed by atoms with Crippen LogP contribution >= 0.6 is 12.4 Å². The molecule has 0 aromatic carbocycles. The fourth-order valence-corrected chi connectivity index (χ4v) is 2.68. The molecule has 0 heterocycles. The Morgan fingerprint density at radius 1 is 0.786 bits per heavy atom. The van der Waals surface area contributed by atoms with Gasteiger partial charge in [0.15, 0.2) is 0 Å². The summed E-state index contributed by atoms with van der Waals surface area (Å²) in [6.07, 6.45) is 22.4. The number of unbranched alkanes of at least 4 members (excludes halogenated alkanes) is 11. The van der Waals surface area contributed by atoms with Crippen molar-refractivity contribution in [3.05, 3.63) is 12.2 Å². The number of nitrogens with zero attached hydrogens (tertiary/aromatic N) is 1. The Labute approximate surface area is 181 Å². The molecule has 0 saturated carbocycles. The van der Waals surface area contributed by atoms with Crippen LogP contribution in [0.1, 0.15) is 110 Å². The monoisotopic (exact) mass is 420 g/mol. The topological polar surface area (TPSA) is 52.6 Å². The van der Waals surface area contributed by atoms with Gasteiger partial charge in [-0.1, -0.05) is 77.4 Å². The molecule has 0 aliphatic heterocycles. The van der Waals surface area contributed by atoms with E-state index in [4.69, 9.17) is 5.11 Å². The van der Waals surface area contributed by atoms with E-state index in [1.807, 2.05) is 19.1 Å². The Morgan fingerprint density at radius 2 is 1.25 bits per heavy atom. The molecule has 170 valence electrons. The largest absolute Gasteiger partial charge is 0.481 e. The zero-order valence-electron chi connectivity index (χ0n) is 19.2. The van der Waals surface area contributed by atoms with Crippen molar-refractivity contribution in [3.63, 3.8) is 0 Å². The number of hydrazine groups is 1. The molecule has 0 atom stereocenters. The van der Waals surface area contributed by atoms with Gasteiger partial charge in [0, 0.05) is 27.1 Å². The van der Waals surface area contributed by atoms with Crippen molar-refractivity contribution < 1.29 is 9.90 Å². The second kappa shape index (κ2) is 28.6. The van der Waals surface area contributed by atoms with Crippen LogP contribution in [-0.4, -0.2) is 36.7 Å². The van der Waals surface area contributed by atoms with Gasteiger partial charge in [0.1, 0.15) is 0 Å². The lowest BCUT2D eigenvalue weighted by Gasteiger charge is -2.08. The number of carbonyl (C=O) groups is 1. The molecule has 0 rings (SSSR count). The summed E-state index contributed by atoms with van der Waals surface area (Å²) in [5.41, 5.74) is 3.13. The van der Waals surface area contributed by atoms with E-state index in [9.17, 15) is 4.79 Å². The normalized spacial score (nSPS) is 10.6. The molecule has 0 saturated heterocycles. The summed E-state index contributed by atoms with van der Waals surface area (Å²) >= 11 is 0. The van der Waals surface area contributed by atoms with Crippen molar-refractivity contribution in [2.75, 3.05) is 20.6 Å². The number of aliphatic carboxylic acids is 1. The Bertz CT molecular complexity index is 324. The van der Waals surface area contributed by atoms with E-state index in [2.05, 4.69) is 31.4 Å². The molecular formula is C23H49ClN2O2. The van der Waals surface area contributed by atoms with Crippen molar-refractivity contribution in [1.29, 1.82) is 0 Å². The number of rotatable bonds is 18. The lowest BCUT2D eigenvalue weighted by atomic mass is 10.1. The van der Waals surface area contributed by atoms with Gasteiger partial charge in [0.2, 0.25) is 0 Å². The van der Waals surface area contributed by atoms with E-state index in [0.29, 0.717) is 6.42 Å². The average Bonchev–Trinajstić information content (AvgIpc) is 2.63. The number of hydrogen-bond donors (Lipinski definition) is 2. The van der Waals surface area contributed by atoms with E-state index in [1.54, 1.807) is 0 Å². The quantitative estimate of drug-likeness (QED) is 0.142. The van der Waals surface area contributed by atoms with Crippen LogP contribution in [0.2, 0.25) is 0 Å². The lowest BCUT2D eigenvalue weighted by molar-refractivity contribution is -0.137. The second-order valence-corrected chi connectivity index (χ2v) is 7.53. The van der Waals surface area contributed by atoms with Crippen LogP contribution in [0.25, 0.3) is 0 Å². The van der Waals surface area contributed by atoms with Gasteiger partial charge in [-0.25, -0.2) is 0 Å². The third-order valence-corrected chi connectivity index (χ3v) is 4.33. The first-order chi connectivity index (χ1) is 13.0. The number of allylic oxidation sites excluding steroid dienone is 2. The zero-order chi connectivity index (χ0) is 20.6. The summed E-state index contributed by atoms with van der Waals surface area (Å²) in [6.45, 7) is 5.48. The Hall–Kier alpha value is -0.580. The minimum Gasteiger partial charge on any atom is -0.481 e. The van der Waals surface area contributed by atoms with E-state index in [1.165, 1.54) is 77.0 Å². The maximum Gasteiger partial charge on any atom is 0.303 e. The summed E-state index contributed by atoms with van der Waals surface area (Å²) in [5.74, 6) is -0.664. The molecule has 0 aromatic rings. The Kier molecular flexibility index (Phi) is 32.8. The van der Waals surface area contributed by atoms with Crippen LogP contribution in [-0.2, 0) is 4.79 Å². The van der Waals surface area contributed by atoms with Crippen molar-refractivity contribution in [1.82, 2.24) is 10.4 Å². The van der Waals surface area contributed by atoms with Crippen molar-refractivity contribution in [2.24, 2.45) is 0 Å². The highest BCUT2D eigenvalue weighted by Crippen LogP contribution is 2.09. The predicted molar refractivity (Wildman–Crippen MR) is 126 cm³/mol. The van der Waals surface area contributed by atoms with E-state index < -0.39 is 5.97 Å². The van der Waals surface area contributed by atoms with Gasteiger partial charge in [0.05, 0.1) is 0 Å². The van der Waals surface area contributed by atoms with Crippen LogP contribution < -0.4 is 5.43 Å². The third kappa shape index (κ3) is 36.4. The zero-order valence-corrected chi connectivity index (χ0v) is 20.0. The standard InChI is InChI=1S/C18H34O2.C5H14N2.ClH/c1-2-3-4-5-6-7-8-9-10-11-12-13-14-15-16-17-18(19)20;1-4-5-6-7(2)3;/h9-10H,2-8,11-17H2,1H3,(H,19,20);6H,4-5H2,1-3H3;1H/b10-9-;;. The third-order valence-electron chi connectivity index (χ3n) is 4.33. The SMILES string of the molecule is CCCCCCCC/C=C\CCCCCCCC(=O)O.CCCNN(C)C.Cl. The number of nitrogens with one attached hydrogen (secondary N) is 1. The van der Waals surface area contributed by atoms with E-state index in [0.717, 1.165) is 19.4 Å². The van der Waals surface area contributed by atoms with Gasteiger partial charge in [-0.15, -0.1) is 12.4 Å². The maximum absolute atomic E-state index is 10.3. The lowest BCUT2D eigenvalue weighted by Crippen LogP contribution is -2.30. The molecular weight excluding hydrogens is 372 g/mol. The number of carboxylic acids is 1. The first-order valence-electron chi connectivity index (χ1n) is 11.3. The van der Waals surface area contributed by atoms with Crippen molar-refractivity contribution in [2.45, 2.75) is 110 Å². The van der Waals surface area contributed by atoms with Gasteiger partial charge in [-0.3, -0.25) is 15.2 Å². The highest BCUT2D eigenvalue weighted by molar-refractivity contribution is 5.85. The molecule has 0 aliphatic carbocycles. The molecule has 0 amide bonds. The molecule has 2 N–H and O–H groups in total. The molecule has 0 bridgehead atoms. The van der Waals surface area contributed by atoms with Crippen LogP contribution in [0.3, 0.4) is 0 Å². The number of hydrogen-bond acceptors (Lipinski definition) is 3. The highest BCUT2D eigenvalue weighted by atomic mass is 35.5. The summed E-state index contributed by atoms with van der Waals surface area (Å²) in [5, 5.41) is 10.5. The van der Waals surface area contributed by atoms with Gasteiger partial charge in [-0.2, -0.15) is 0 Å². The average molecular weight is 421 g/mol. The first-order valence-corrected chi connectivity index (χ1v) is 11.3. The summed E-state index contributed by atoms with van der Waals surface area (Å²) in [7, 11) is 3.99. The van der Waals surface area contributed by atoms with E-state index >= 15 is 0 Å². The molecule has 0 aromatic heterocycles. The molecule has 4 nitrogen and oxygen atoms in total. The fraction of sp³-hybridized carbons (Fsp3) is 0.870. The molecule has 28 heavy (non-hydrogen) atoms. The van der Waals surface area contributed by atoms with Gasteiger partial charge < -0.3 is 5.11 Å². The second-order valence-electron chi connectivity index (χ2n) is 7.53. The smallest absolute Gasteiger partial charge is 0.303 e. The fourth-order valence-electron chi connectivity index (χ4n) is 2.68. The molecule has 5 heteroatoms. The summed E-state index contributed by atoms with van der Waals surface area (Å²) in [4.78, 5) is 10.3. The molecule has 0 unspecified atom stereocenters. The highest BCUT2D eigenvalue weighted by Gasteiger charge is 1.95.